The van der Waals surface area contributed by atoms with E-state index < -0.39 is 0 Å². The van der Waals surface area contributed by atoms with E-state index >= 15 is 0 Å². The van der Waals surface area contributed by atoms with Crippen molar-refractivity contribution < 1.29 is 4.42 Å². The topological polar surface area (TPSA) is 11.3 Å². The third-order valence-electron chi connectivity index (χ3n) is 4.93. The van der Waals surface area contributed by atoms with Crippen LogP contribution in [0.4, 0.5) is 0 Å². The van der Waals surface area contributed by atoms with Gasteiger partial charge in [-0.2, -0.15) is 0 Å². The van der Waals surface area contributed by atoms with Crippen LogP contribution in [0.3, 0.4) is 0 Å². The van der Waals surface area contributed by atoms with Gasteiger partial charge in [0, 0.05) is 11.6 Å². The molecule has 1 nitrogen and oxygen atoms in total. The van der Waals surface area contributed by atoms with Gasteiger partial charge in [-0.1, -0.05) is 77.4 Å². The van der Waals surface area contributed by atoms with Crippen molar-refractivity contribution in [3.8, 4) is 33.6 Å². The minimum Gasteiger partial charge on any atom is -0.215 e. The van der Waals surface area contributed by atoms with Gasteiger partial charge in [0.2, 0.25) is 0 Å². The summed E-state index contributed by atoms with van der Waals surface area (Å²) in [5.74, 6) is 0.900. The van der Waals surface area contributed by atoms with Crippen LogP contribution in [0.15, 0.2) is 89.5 Å². The molecule has 0 saturated heterocycles. The summed E-state index contributed by atoms with van der Waals surface area (Å²) in [7, 11) is 0. The molecule has 0 amide bonds. The zero-order valence-corrected chi connectivity index (χ0v) is 16.0. The molecule has 1 heterocycles. The maximum absolute atomic E-state index is 6.05. The van der Waals surface area contributed by atoms with E-state index in [1.54, 1.807) is 6.26 Å². The Balaban J connectivity index is 1.99. The van der Waals surface area contributed by atoms with E-state index in [0.717, 1.165) is 22.5 Å². The summed E-state index contributed by atoms with van der Waals surface area (Å²) >= 11 is 0. The van der Waals surface area contributed by atoms with Gasteiger partial charge in [0.1, 0.15) is 0 Å². The zero-order valence-electron chi connectivity index (χ0n) is 16.0. The first-order chi connectivity index (χ1) is 13.1. The van der Waals surface area contributed by atoms with Crippen LogP contribution in [0, 0.1) is 20.8 Å². The van der Waals surface area contributed by atoms with E-state index in [1.165, 1.54) is 27.8 Å². The van der Waals surface area contributed by atoms with Crippen LogP contribution in [0.25, 0.3) is 33.6 Å². The van der Waals surface area contributed by atoms with Gasteiger partial charge in [-0.05, 0) is 44.0 Å². The highest BCUT2D eigenvalue weighted by Gasteiger charge is 2.24. The summed E-state index contributed by atoms with van der Waals surface area (Å²) < 4.78 is 6.05. The molecule has 132 valence electrons. The Morgan fingerprint density at radius 2 is 0.926 bits per heavy atom. The Morgan fingerprint density at radius 1 is 0.481 bits per heavy atom. The smallest absolute Gasteiger partial charge is 0.215 e. The molecule has 0 radical (unpaired) electrons. The Morgan fingerprint density at radius 3 is 1.44 bits per heavy atom. The van der Waals surface area contributed by atoms with Crippen molar-refractivity contribution in [1.82, 2.24) is 0 Å². The number of rotatable bonds is 3. The second-order valence-corrected chi connectivity index (χ2v) is 7.14. The second-order valence-electron chi connectivity index (χ2n) is 7.14. The van der Waals surface area contributed by atoms with Crippen LogP contribution in [-0.2, 0) is 0 Å². The first-order valence-electron chi connectivity index (χ1n) is 9.28. The Kier molecular flexibility index (Phi) is 4.60. The van der Waals surface area contributed by atoms with Gasteiger partial charge < -0.3 is 0 Å². The molecule has 0 aliphatic heterocycles. The molecule has 1 aromatic heterocycles. The van der Waals surface area contributed by atoms with Gasteiger partial charge >= 0.3 is 12.0 Å². The second kappa shape index (κ2) is 7.20. The van der Waals surface area contributed by atoms with Crippen LogP contribution >= 0.6 is 0 Å². The highest BCUT2D eigenvalue weighted by Crippen LogP contribution is 2.40. The zero-order chi connectivity index (χ0) is 18.8. The van der Waals surface area contributed by atoms with Crippen LogP contribution in [-0.4, -0.2) is 0 Å². The van der Waals surface area contributed by atoms with Crippen molar-refractivity contribution >= 4 is 0 Å². The van der Waals surface area contributed by atoms with Crippen molar-refractivity contribution in [3.63, 3.8) is 0 Å². The molecular formula is C26H23O+. The highest BCUT2D eigenvalue weighted by molar-refractivity contribution is 5.91. The van der Waals surface area contributed by atoms with Crippen molar-refractivity contribution in [1.29, 1.82) is 0 Å². The Hall–Kier alpha value is -3.19. The maximum atomic E-state index is 6.05. The van der Waals surface area contributed by atoms with E-state index in [4.69, 9.17) is 4.42 Å². The molecule has 4 rings (SSSR count). The lowest BCUT2D eigenvalue weighted by atomic mass is 9.91. The average molecular weight is 351 g/mol. The molecule has 27 heavy (non-hydrogen) atoms. The molecule has 3 aromatic carbocycles. The minimum absolute atomic E-state index is 0.900. The fraction of sp³-hybridized carbons (Fsp3) is 0.115. The molecule has 0 unspecified atom stereocenters. The van der Waals surface area contributed by atoms with E-state index in [0.29, 0.717) is 0 Å². The number of benzene rings is 3. The average Bonchev–Trinajstić information content (AvgIpc) is 2.69. The summed E-state index contributed by atoms with van der Waals surface area (Å²) in [6.07, 6.45) is 1.79. The van der Waals surface area contributed by atoms with Crippen molar-refractivity contribution in [2.75, 3.05) is 0 Å². The molecule has 0 aliphatic rings. The molecule has 0 saturated carbocycles. The lowest BCUT2D eigenvalue weighted by molar-refractivity contribution is 0.568. The first-order valence-corrected chi connectivity index (χ1v) is 9.28. The summed E-state index contributed by atoms with van der Waals surface area (Å²) in [5, 5.41) is 0. The summed E-state index contributed by atoms with van der Waals surface area (Å²) in [5.41, 5.74) is 9.51. The fourth-order valence-electron chi connectivity index (χ4n) is 3.33. The van der Waals surface area contributed by atoms with E-state index in [-0.39, 0.29) is 0 Å². The largest absolute Gasteiger partial charge is 0.368 e. The molecule has 0 spiro atoms. The Bertz CT molecular complexity index is 993. The summed E-state index contributed by atoms with van der Waals surface area (Å²) in [6.45, 7) is 6.33. The van der Waals surface area contributed by atoms with E-state index in [2.05, 4.69) is 99.6 Å². The van der Waals surface area contributed by atoms with Gasteiger partial charge in [-0.25, -0.2) is 4.42 Å². The third-order valence-corrected chi connectivity index (χ3v) is 4.93. The number of hydrogen-bond acceptors (Lipinski definition) is 0. The normalized spacial score (nSPS) is 10.8. The van der Waals surface area contributed by atoms with Crippen molar-refractivity contribution in [2.45, 2.75) is 20.8 Å². The molecule has 1 heteroatoms. The van der Waals surface area contributed by atoms with Crippen LogP contribution in [0.1, 0.15) is 16.7 Å². The quantitative estimate of drug-likeness (QED) is 0.348. The highest BCUT2D eigenvalue weighted by atomic mass is 16.3. The predicted octanol–water partition coefficient (Wildman–Crippen LogP) is 7.49. The maximum Gasteiger partial charge on any atom is 0.368 e. The van der Waals surface area contributed by atoms with E-state index in [1.807, 2.05) is 0 Å². The summed E-state index contributed by atoms with van der Waals surface area (Å²) in [6, 6.07) is 27.9. The van der Waals surface area contributed by atoms with Crippen LogP contribution < -0.4 is 0 Å². The number of hydrogen-bond donors (Lipinski definition) is 0. The monoisotopic (exact) mass is 351 g/mol. The van der Waals surface area contributed by atoms with Gasteiger partial charge in [0.25, 0.3) is 0 Å². The Labute approximate surface area is 161 Å². The summed E-state index contributed by atoms with van der Waals surface area (Å²) in [4.78, 5) is 0. The molecule has 4 aromatic rings. The lowest BCUT2D eigenvalue weighted by Crippen LogP contribution is -1.91. The van der Waals surface area contributed by atoms with Crippen molar-refractivity contribution in [2.24, 2.45) is 0 Å². The molecule has 0 aliphatic carbocycles. The molecule has 0 N–H and O–H groups in total. The van der Waals surface area contributed by atoms with E-state index in [9.17, 15) is 0 Å². The van der Waals surface area contributed by atoms with Gasteiger partial charge in [-0.15, -0.1) is 0 Å². The fourth-order valence-corrected chi connectivity index (χ4v) is 3.33. The number of aryl methyl sites for hydroxylation is 3. The van der Waals surface area contributed by atoms with Gasteiger partial charge in [0.05, 0.1) is 11.1 Å². The molecule has 0 fully saturated rings. The lowest BCUT2D eigenvalue weighted by Gasteiger charge is -2.10. The molecule has 0 bridgehead atoms. The SMILES string of the molecule is Cc1ccc(-c2cc[o+]c(-c3ccc(C)cc3)c2-c2ccc(C)cc2)cc1. The molecular weight excluding hydrogens is 328 g/mol. The van der Waals surface area contributed by atoms with Crippen molar-refractivity contribution in [3.05, 3.63) is 102 Å². The first kappa shape index (κ1) is 17.2. The third kappa shape index (κ3) is 3.54. The van der Waals surface area contributed by atoms with Crippen LogP contribution in [0.5, 0.6) is 0 Å². The minimum atomic E-state index is 0.900. The van der Waals surface area contributed by atoms with Crippen LogP contribution in [0.2, 0.25) is 0 Å². The van der Waals surface area contributed by atoms with Gasteiger partial charge in [-0.3, -0.25) is 0 Å². The van der Waals surface area contributed by atoms with Gasteiger partial charge in [0.15, 0.2) is 0 Å². The standard InChI is InChI=1S/C26H23O/c1-18-4-10-21(11-5-18)24-16-17-27-26(23-14-8-20(3)9-15-23)25(24)22-12-6-19(2)7-13-22/h4-17H,1-3H3/q+1. The molecule has 0 atom stereocenters. The predicted molar refractivity (Wildman–Crippen MR) is 114 cm³/mol.